The van der Waals surface area contributed by atoms with E-state index in [1.165, 1.54) is 17.3 Å². The minimum atomic E-state index is -0.00820. The van der Waals surface area contributed by atoms with E-state index in [0.29, 0.717) is 23.8 Å². The van der Waals surface area contributed by atoms with Crippen molar-refractivity contribution in [2.24, 2.45) is 0 Å². The Bertz CT molecular complexity index is 917. The molecule has 25 heavy (non-hydrogen) atoms. The lowest BCUT2D eigenvalue weighted by molar-refractivity contribution is -0.116. The van der Waals surface area contributed by atoms with Crippen LogP contribution in [-0.4, -0.2) is 31.7 Å². The molecular weight excluding hydrogens is 334 g/mol. The van der Waals surface area contributed by atoms with Crippen molar-refractivity contribution in [3.63, 3.8) is 0 Å². The number of amides is 1. The topological polar surface area (TPSA) is 72.2 Å². The molecule has 0 unspecified atom stereocenters. The standard InChI is InChI=1S/C18H21N5OS/c1-11-5-7-14(8-6-11)20-16(24)10-9-15-12(2)19-17-21-18(25-4)22-23(17)13(15)3/h5-8H,9-10H2,1-4H3,(H,20,24). The number of aryl methyl sites for hydroxylation is 3. The van der Waals surface area contributed by atoms with Gasteiger partial charge in [-0.3, -0.25) is 4.79 Å². The molecule has 3 aromatic rings. The number of benzene rings is 1. The monoisotopic (exact) mass is 355 g/mol. The van der Waals surface area contributed by atoms with E-state index in [4.69, 9.17) is 0 Å². The fourth-order valence-corrected chi connectivity index (χ4v) is 3.07. The molecule has 2 heterocycles. The summed E-state index contributed by atoms with van der Waals surface area (Å²) in [4.78, 5) is 21.1. The summed E-state index contributed by atoms with van der Waals surface area (Å²) in [5.41, 5.74) is 4.91. The largest absolute Gasteiger partial charge is 0.326 e. The van der Waals surface area contributed by atoms with Crippen molar-refractivity contribution >= 4 is 29.1 Å². The van der Waals surface area contributed by atoms with E-state index in [1.807, 2.05) is 51.3 Å². The van der Waals surface area contributed by atoms with Gasteiger partial charge >= 0.3 is 0 Å². The molecule has 0 aliphatic carbocycles. The molecule has 0 fully saturated rings. The zero-order valence-electron chi connectivity index (χ0n) is 14.8. The number of carbonyl (C=O) groups is 1. The fourth-order valence-electron chi connectivity index (χ4n) is 2.74. The first kappa shape index (κ1) is 17.4. The van der Waals surface area contributed by atoms with Gasteiger partial charge in [0.1, 0.15) is 0 Å². The Morgan fingerprint density at radius 3 is 2.56 bits per heavy atom. The van der Waals surface area contributed by atoms with Crippen LogP contribution >= 0.6 is 11.8 Å². The molecule has 0 bridgehead atoms. The van der Waals surface area contributed by atoms with Crippen LogP contribution in [0.4, 0.5) is 5.69 Å². The number of nitrogens with one attached hydrogen (secondary N) is 1. The van der Waals surface area contributed by atoms with Crippen molar-refractivity contribution in [2.75, 3.05) is 11.6 Å². The highest BCUT2D eigenvalue weighted by atomic mass is 32.2. The second kappa shape index (κ2) is 7.23. The van der Waals surface area contributed by atoms with Crippen LogP contribution in [-0.2, 0) is 11.2 Å². The van der Waals surface area contributed by atoms with Crippen LogP contribution in [0.15, 0.2) is 29.4 Å². The van der Waals surface area contributed by atoms with E-state index in [2.05, 4.69) is 20.4 Å². The third-order valence-corrected chi connectivity index (χ3v) is 4.69. The van der Waals surface area contributed by atoms with Gasteiger partial charge in [0, 0.05) is 23.5 Å². The van der Waals surface area contributed by atoms with Gasteiger partial charge in [0.15, 0.2) is 0 Å². The number of hydrogen-bond donors (Lipinski definition) is 1. The van der Waals surface area contributed by atoms with Crippen LogP contribution in [0.3, 0.4) is 0 Å². The highest BCUT2D eigenvalue weighted by Crippen LogP contribution is 2.18. The van der Waals surface area contributed by atoms with Crippen LogP contribution in [0.1, 0.15) is 28.9 Å². The van der Waals surface area contributed by atoms with E-state index in [0.717, 1.165) is 22.6 Å². The Balaban J connectivity index is 1.74. The Morgan fingerprint density at radius 1 is 1.16 bits per heavy atom. The summed E-state index contributed by atoms with van der Waals surface area (Å²) >= 11 is 1.49. The lowest BCUT2D eigenvalue weighted by Crippen LogP contribution is -2.14. The lowest BCUT2D eigenvalue weighted by Gasteiger charge is -2.10. The van der Waals surface area contributed by atoms with Gasteiger partial charge in [-0.05, 0) is 51.1 Å². The number of fused-ring (bicyclic) bond motifs is 1. The molecular formula is C18H21N5OS. The maximum absolute atomic E-state index is 12.2. The van der Waals surface area contributed by atoms with Crippen LogP contribution in [0.25, 0.3) is 5.78 Å². The van der Waals surface area contributed by atoms with Gasteiger partial charge in [0.25, 0.3) is 5.78 Å². The van der Waals surface area contributed by atoms with Crippen molar-refractivity contribution in [1.29, 1.82) is 0 Å². The average Bonchev–Trinajstić information content (AvgIpc) is 3.00. The van der Waals surface area contributed by atoms with E-state index < -0.39 is 0 Å². The number of nitrogens with zero attached hydrogens (tertiary/aromatic N) is 4. The first-order valence-electron chi connectivity index (χ1n) is 8.11. The Labute approximate surface area is 151 Å². The molecule has 0 aliphatic heterocycles. The Morgan fingerprint density at radius 2 is 1.88 bits per heavy atom. The molecule has 0 radical (unpaired) electrons. The summed E-state index contributed by atoms with van der Waals surface area (Å²) in [6, 6.07) is 7.79. The predicted octanol–water partition coefficient (Wildman–Crippen LogP) is 3.34. The summed E-state index contributed by atoms with van der Waals surface area (Å²) in [7, 11) is 0. The summed E-state index contributed by atoms with van der Waals surface area (Å²) in [5.74, 6) is 0.596. The molecule has 130 valence electrons. The SMILES string of the molecule is CSc1nc2nc(C)c(CCC(=O)Nc3ccc(C)cc3)c(C)n2n1. The smallest absolute Gasteiger partial charge is 0.253 e. The van der Waals surface area contributed by atoms with Crippen LogP contribution < -0.4 is 5.32 Å². The van der Waals surface area contributed by atoms with Crippen LogP contribution in [0.5, 0.6) is 0 Å². The van der Waals surface area contributed by atoms with Gasteiger partial charge in [-0.25, -0.2) is 9.50 Å². The van der Waals surface area contributed by atoms with Crippen LogP contribution in [0, 0.1) is 20.8 Å². The molecule has 1 amide bonds. The second-order valence-electron chi connectivity index (χ2n) is 5.99. The number of aromatic nitrogens is 4. The summed E-state index contributed by atoms with van der Waals surface area (Å²) in [6.07, 6.45) is 2.95. The third-order valence-electron chi connectivity index (χ3n) is 4.15. The number of thioether (sulfide) groups is 1. The van der Waals surface area contributed by atoms with Crippen molar-refractivity contribution in [2.45, 2.75) is 38.8 Å². The maximum atomic E-state index is 12.2. The molecule has 6 nitrogen and oxygen atoms in total. The molecule has 7 heteroatoms. The molecule has 0 saturated carbocycles. The van der Waals surface area contributed by atoms with Gasteiger partial charge in [0.05, 0.1) is 0 Å². The van der Waals surface area contributed by atoms with Crippen molar-refractivity contribution in [3.05, 3.63) is 46.8 Å². The summed E-state index contributed by atoms with van der Waals surface area (Å²) in [6.45, 7) is 5.97. The van der Waals surface area contributed by atoms with Gasteiger partial charge < -0.3 is 5.32 Å². The van der Waals surface area contributed by atoms with Gasteiger partial charge in [-0.2, -0.15) is 4.98 Å². The summed E-state index contributed by atoms with van der Waals surface area (Å²) < 4.78 is 1.76. The first-order valence-corrected chi connectivity index (χ1v) is 9.33. The maximum Gasteiger partial charge on any atom is 0.253 e. The lowest BCUT2D eigenvalue weighted by atomic mass is 10.1. The number of carbonyl (C=O) groups excluding carboxylic acids is 1. The Hall–Kier alpha value is -2.41. The molecule has 1 N–H and O–H groups in total. The highest BCUT2D eigenvalue weighted by Gasteiger charge is 2.14. The fraction of sp³-hybridized carbons (Fsp3) is 0.333. The van der Waals surface area contributed by atoms with Crippen molar-refractivity contribution in [1.82, 2.24) is 19.6 Å². The van der Waals surface area contributed by atoms with Gasteiger partial charge in [0.2, 0.25) is 11.1 Å². The van der Waals surface area contributed by atoms with Crippen molar-refractivity contribution in [3.8, 4) is 0 Å². The van der Waals surface area contributed by atoms with E-state index in [-0.39, 0.29) is 5.91 Å². The second-order valence-corrected chi connectivity index (χ2v) is 6.76. The molecule has 0 atom stereocenters. The Kier molecular flexibility index (Phi) is 5.03. The third kappa shape index (κ3) is 3.82. The minimum absolute atomic E-state index is 0.00820. The number of hydrogen-bond acceptors (Lipinski definition) is 5. The quantitative estimate of drug-likeness (QED) is 0.711. The normalized spacial score (nSPS) is 11.0. The zero-order chi connectivity index (χ0) is 18.0. The van der Waals surface area contributed by atoms with Gasteiger partial charge in [-0.1, -0.05) is 29.5 Å². The predicted molar refractivity (Wildman–Crippen MR) is 100 cm³/mol. The molecule has 0 aliphatic rings. The highest BCUT2D eigenvalue weighted by molar-refractivity contribution is 7.98. The van der Waals surface area contributed by atoms with Crippen molar-refractivity contribution < 1.29 is 4.79 Å². The van der Waals surface area contributed by atoms with E-state index in [1.54, 1.807) is 4.52 Å². The molecule has 1 aromatic carbocycles. The van der Waals surface area contributed by atoms with Gasteiger partial charge in [-0.15, -0.1) is 5.10 Å². The molecule has 0 saturated heterocycles. The first-order chi connectivity index (χ1) is 12.0. The van der Waals surface area contributed by atoms with Crippen LogP contribution in [0.2, 0.25) is 0 Å². The van der Waals surface area contributed by atoms with E-state index in [9.17, 15) is 4.79 Å². The molecule has 3 rings (SSSR count). The summed E-state index contributed by atoms with van der Waals surface area (Å²) in [5, 5.41) is 8.07. The minimum Gasteiger partial charge on any atom is -0.326 e. The van der Waals surface area contributed by atoms with E-state index >= 15 is 0 Å². The number of anilines is 1. The zero-order valence-corrected chi connectivity index (χ0v) is 15.6. The molecule has 0 spiro atoms. The number of rotatable bonds is 5. The molecule has 2 aromatic heterocycles. The average molecular weight is 355 g/mol.